The van der Waals surface area contributed by atoms with Crippen LogP contribution in [0.15, 0.2) is 44.4 Å². The minimum absolute atomic E-state index is 0.0102. The normalized spacial score (nSPS) is 10.4. The summed E-state index contributed by atoms with van der Waals surface area (Å²) >= 11 is 9.30. The molecule has 2 rings (SSSR count). The Morgan fingerprint density at radius 1 is 1.44 bits per heavy atom. The summed E-state index contributed by atoms with van der Waals surface area (Å²) in [5.74, 6) is -0.0102. The fourth-order valence-electron chi connectivity index (χ4n) is 1.61. The van der Waals surface area contributed by atoms with Crippen molar-refractivity contribution in [2.24, 2.45) is 0 Å². The second kappa shape index (κ2) is 5.91. The molecule has 0 aliphatic rings. The molecule has 0 unspecified atom stereocenters. The lowest BCUT2D eigenvalue weighted by atomic mass is 10.2. The van der Waals surface area contributed by atoms with E-state index < -0.39 is 0 Å². The molecule has 18 heavy (non-hydrogen) atoms. The monoisotopic (exact) mass is 341 g/mol. The van der Waals surface area contributed by atoms with Gasteiger partial charge in [-0.15, -0.1) is 12.6 Å². The van der Waals surface area contributed by atoms with Crippen LogP contribution in [0.1, 0.15) is 15.9 Å². The highest BCUT2D eigenvalue weighted by Gasteiger charge is 2.15. The lowest BCUT2D eigenvalue weighted by molar-refractivity contribution is 0.0784. The van der Waals surface area contributed by atoms with Crippen LogP contribution >= 0.6 is 39.9 Å². The quantitative estimate of drug-likeness (QED) is 0.834. The molecule has 0 radical (unpaired) electrons. The van der Waals surface area contributed by atoms with Crippen LogP contribution in [-0.4, -0.2) is 17.9 Å². The third-order valence-electron chi connectivity index (χ3n) is 2.53. The van der Waals surface area contributed by atoms with Gasteiger partial charge in [0.15, 0.2) is 0 Å². The topological polar surface area (TPSA) is 20.3 Å². The van der Waals surface area contributed by atoms with E-state index in [4.69, 9.17) is 0 Å². The highest BCUT2D eigenvalue weighted by Crippen LogP contribution is 2.22. The van der Waals surface area contributed by atoms with E-state index in [0.29, 0.717) is 12.1 Å². The van der Waals surface area contributed by atoms with E-state index in [-0.39, 0.29) is 5.91 Å². The molecule has 1 aromatic carbocycles. The van der Waals surface area contributed by atoms with E-state index in [1.807, 2.05) is 29.0 Å². The van der Waals surface area contributed by atoms with Crippen LogP contribution < -0.4 is 0 Å². The summed E-state index contributed by atoms with van der Waals surface area (Å²) in [5.41, 5.74) is 1.79. The second-order valence-corrected chi connectivity index (χ2v) is 6.11. The number of hydrogen-bond acceptors (Lipinski definition) is 3. The zero-order chi connectivity index (χ0) is 13.1. The van der Waals surface area contributed by atoms with Gasteiger partial charge in [0.25, 0.3) is 5.91 Å². The van der Waals surface area contributed by atoms with Gasteiger partial charge in [0.05, 0.1) is 5.56 Å². The third kappa shape index (κ3) is 3.16. The first-order chi connectivity index (χ1) is 8.58. The summed E-state index contributed by atoms with van der Waals surface area (Å²) in [6, 6.07) is 7.50. The van der Waals surface area contributed by atoms with Crippen molar-refractivity contribution in [1.29, 1.82) is 0 Å². The first kappa shape index (κ1) is 13.6. The van der Waals surface area contributed by atoms with Crippen molar-refractivity contribution in [2.75, 3.05) is 7.05 Å². The summed E-state index contributed by atoms with van der Waals surface area (Å²) in [6.07, 6.45) is 0. The molecule has 0 saturated carbocycles. The zero-order valence-electron chi connectivity index (χ0n) is 9.76. The van der Waals surface area contributed by atoms with Gasteiger partial charge in [-0.1, -0.05) is 0 Å². The van der Waals surface area contributed by atoms with Gasteiger partial charge in [-0.3, -0.25) is 4.79 Å². The average Bonchev–Trinajstić information content (AvgIpc) is 2.84. The Bertz CT molecular complexity index is 554. The SMILES string of the molecule is CN(Cc1ccsc1)C(=O)c1cc(S)ccc1Br. The van der Waals surface area contributed by atoms with Gasteiger partial charge in [0.2, 0.25) is 0 Å². The number of carbonyl (C=O) groups is 1. The van der Waals surface area contributed by atoms with Gasteiger partial charge in [0, 0.05) is 23.0 Å². The third-order valence-corrected chi connectivity index (χ3v) is 4.23. The fourth-order valence-corrected chi connectivity index (χ4v) is 2.89. The largest absolute Gasteiger partial charge is 0.337 e. The van der Waals surface area contributed by atoms with Crippen molar-refractivity contribution in [1.82, 2.24) is 4.90 Å². The molecule has 94 valence electrons. The highest BCUT2D eigenvalue weighted by atomic mass is 79.9. The standard InChI is InChI=1S/C13H12BrNOS2/c1-15(7-9-4-5-18-8-9)13(16)11-6-10(17)2-3-12(11)14/h2-6,8,17H,7H2,1H3. The fraction of sp³-hybridized carbons (Fsp3) is 0.154. The minimum atomic E-state index is -0.0102. The predicted molar refractivity (Wildman–Crippen MR) is 81.5 cm³/mol. The number of thiol groups is 1. The first-order valence-corrected chi connectivity index (χ1v) is 7.51. The van der Waals surface area contributed by atoms with E-state index in [0.717, 1.165) is 14.9 Å². The van der Waals surface area contributed by atoms with Gasteiger partial charge >= 0.3 is 0 Å². The second-order valence-electron chi connectivity index (χ2n) is 3.96. The van der Waals surface area contributed by atoms with Gasteiger partial charge in [0.1, 0.15) is 0 Å². The van der Waals surface area contributed by atoms with Gasteiger partial charge < -0.3 is 4.90 Å². The maximum absolute atomic E-state index is 12.3. The first-order valence-electron chi connectivity index (χ1n) is 5.33. The van der Waals surface area contributed by atoms with Crippen molar-refractivity contribution in [3.63, 3.8) is 0 Å². The Morgan fingerprint density at radius 2 is 2.22 bits per heavy atom. The number of benzene rings is 1. The summed E-state index contributed by atoms with van der Waals surface area (Å²) in [4.78, 5) is 14.8. The van der Waals surface area contributed by atoms with Crippen LogP contribution in [0.5, 0.6) is 0 Å². The molecule has 0 spiro atoms. The van der Waals surface area contributed by atoms with E-state index in [9.17, 15) is 4.79 Å². The summed E-state index contributed by atoms with van der Waals surface area (Å²) in [6.45, 7) is 0.617. The predicted octanol–water partition coefficient (Wildman–Crippen LogP) is 4.07. The number of carbonyl (C=O) groups excluding carboxylic acids is 1. The zero-order valence-corrected chi connectivity index (χ0v) is 13.1. The maximum atomic E-state index is 12.3. The lowest BCUT2D eigenvalue weighted by Gasteiger charge is -2.17. The Labute approximate surface area is 124 Å². The van der Waals surface area contributed by atoms with E-state index >= 15 is 0 Å². The molecule has 2 aromatic rings. The van der Waals surface area contributed by atoms with Crippen LogP contribution in [-0.2, 0) is 6.54 Å². The number of rotatable bonds is 3. The van der Waals surface area contributed by atoms with Crippen LogP contribution in [0.4, 0.5) is 0 Å². The molecule has 0 aliphatic heterocycles. The smallest absolute Gasteiger partial charge is 0.255 e. The van der Waals surface area contributed by atoms with Crippen LogP contribution in [0, 0.1) is 0 Å². The van der Waals surface area contributed by atoms with E-state index in [1.54, 1.807) is 29.4 Å². The van der Waals surface area contributed by atoms with Crippen LogP contribution in [0.25, 0.3) is 0 Å². The maximum Gasteiger partial charge on any atom is 0.255 e. The molecular formula is C13H12BrNOS2. The molecule has 0 N–H and O–H groups in total. The molecule has 1 amide bonds. The molecule has 0 bridgehead atoms. The van der Waals surface area contributed by atoms with Crippen molar-refractivity contribution in [2.45, 2.75) is 11.4 Å². The number of amides is 1. The lowest BCUT2D eigenvalue weighted by Crippen LogP contribution is -2.26. The highest BCUT2D eigenvalue weighted by molar-refractivity contribution is 9.10. The number of hydrogen-bond donors (Lipinski definition) is 1. The van der Waals surface area contributed by atoms with Crippen LogP contribution in [0.3, 0.4) is 0 Å². The number of thiophene rings is 1. The molecule has 2 nitrogen and oxygen atoms in total. The van der Waals surface area contributed by atoms with E-state index in [2.05, 4.69) is 28.6 Å². The van der Waals surface area contributed by atoms with Crippen LogP contribution in [0.2, 0.25) is 0 Å². The number of nitrogens with zero attached hydrogens (tertiary/aromatic N) is 1. The molecule has 0 fully saturated rings. The van der Waals surface area contributed by atoms with E-state index in [1.165, 1.54) is 0 Å². The summed E-state index contributed by atoms with van der Waals surface area (Å²) in [7, 11) is 1.80. The Balaban J connectivity index is 2.17. The molecule has 0 atom stereocenters. The van der Waals surface area contributed by atoms with Gasteiger partial charge in [-0.05, 0) is 56.5 Å². The number of halogens is 1. The molecule has 0 aliphatic carbocycles. The van der Waals surface area contributed by atoms with Crippen molar-refractivity contribution < 1.29 is 4.79 Å². The van der Waals surface area contributed by atoms with Gasteiger partial charge in [-0.2, -0.15) is 11.3 Å². The Hall–Kier alpha value is -0.780. The van der Waals surface area contributed by atoms with Crippen molar-refractivity contribution in [3.8, 4) is 0 Å². The Morgan fingerprint density at radius 3 is 2.89 bits per heavy atom. The van der Waals surface area contributed by atoms with Crippen molar-refractivity contribution >= 4 is 45.8 Å². The molecule has 0 saturated heterocycles. The molecular weight excluding hydrogens is 330 g/mol. The average molecular weight is 342 g/mol. The summed E-state index contributed by atoms with van der Waals surface area (Å²) < 4.78 is 0.794. The molecule has 1 heterocycles. The molecule has 1 aromatic heterocycles. The van der Waals surface area contributed by atoms with Crippen molar-refractivity contribution in [3.05, 3.63) is 50.6 Å². The molecule has 5 heteroatoms. The summed E-state index contributed by atoms with van der Waals surface area (Å²) in [5, 5.41) is 4.06. The van der Waals surface area contributed by atoms with Gasteiger partial charge in [-0.25, -0.2) is 0 Å². The Kier molecular flexibility index (Phi) is 4.48. The minimum Gasteiger partial charge on any atom is -0.337 e.